The Morgan fingerprint density at radius 2 is 1.78 bits per heavy atom. The monoisotopic (exact) mass is 492 g/mol. The number of aromatic hydroxyl groups is 1. The highest BCUT2D eigenvalue weighted by Crippen LogP contribution is 2.54. The van der Waals surface area contributed by atoms with Crippen LogP contribution in [0.5, 0.6) is 11.5 Å². The third kappa shape index (κ3) is 3.93. The van der Waals surface area contributed by atoms with Gasteiger partial charge in [0, 0.05) is 11.6 Å². The van der Waals surface area contributed by atoms with E-state index < -0.39 is 41.2 Å². The zero-order chi connectivity index (χ0) is 25.4. The summed E-state index contributed by atoms with van der Waals surface area (Å²) in [6, 6.07) is 13.3. The fraction of sp³-hybridized carbons (Fsp3) is 0.464. The lowest BCUT2D eigenvalue weighted by atomic mass is 9.72. The predicted octanol–water partition coefficient (Wildman–Crippen LogP) is 3.64. The predicted molar refractivity (Wildman–Crippen MR) is 131 cm³/mol. The maximum absolute atomic E-state index is 13.9. The minimum Gasteiger partial charge on any atom is -0.504 e. The number of imide groups is 1. The number of carboxylic acids is 1. The Hall–Kier alpha value is -3.39. The number of carbonyl (C=O) groups is 3. The number of carboxylic acid groups (broad SMARTS) is 1. The molecule has 5 rings (SSSR count). The van der Waals surface area contributed by atoms with Gasteiger partial charge in [-0.2, -0.15) is 0 Å². The van der Waals surface area contributed by atoms with E-state index in [0.29, 0.717) is 5.56 Å². The van der Waals surface area contributed by atoms with Gasteiger partial charge in [-0.05, 0) is 24.0 Å². The van der Waals surface area contributed by atoms with Crippen LogP contribution in [-0.4, -0.2) is 45.5 Å². The van der Waals surface area contributed by atoms with Crippen molar-refractivity contribution in [2.24, 2.45) is 17.8 Å². The molecule has 0 bridgehead atoms. The van der Waals surface area contributed by atoms with Gasteiger partial charge in [0.05, 0.1) is 25.5 Å². The molecule has 2 saturated heterocycles. The van der Waals surface area contributed by atoms with Gasteiger partial charge in [-0.1, -0.05) is 74.6 Å². The maximum atomic E-state index is 13.9. The fourth-order valence-electron chi connectivity index (χ4n) is 6.52. The van der Waals surface area contributed by atoms with Crippen LogP contribution in [0.3, 0.4) is 0 Å². The zero-order valence-corrected chi connectivity index (χ0v) is 20.4. The number of phenolic OH excluding ortho intramolecular Hbond substituents is 1. The van der Waals surface area contributed by atoms with Crippen LogP contribution in [0.25, 0.3) is 0 Å². The number of fused-ring (bicyclic) bond motifs is 1. The summed E-state index contributed by atoms with van der Waals surface area (Å²) in [6.07, 6.45) is 5.25. The topological polar surface area (TPSA) is 116 Å². The molecule has 8 nitrogen and oxygen atoms in total. The molecule has 4 unspecified atom stereocenters. The lowest BCUT2D eigenvalue weighted by Crippen LogP contribution is -2.56. The molecule has 190 valence electrons. The van der Waals surface area contributed by atoms with E-state index in [2.05, 4.69) is 5.32 Å². The number of hydrogen-bond acceptors (Lipinski definition) is 6. The van der Waals surface area contributed by atoms with E-state index >= 15 is 0 Å². The Morgan fingerprint density at radius 1 is 1.06 bits per heavy atom. The Morgan fingerprint density at radius 3 is 2.44 bits per heavy atom. The summed E-state index contributed by atoms with van der Waals surface area (Å²) in [5.74, 6) is -3.81. The van der Waals surface area contributed by atoms with Crippen LogP contribution in [0.1, 0.15) is 55.7 Å². The number of nitrogens with one attached hydrogen (secondary N) is 1. The van der Waals surface area contributed by atoms with Crippen molar-refractivity contribution in [3.05, 3.63) is 59.7 Å². The summed E-state index contributed by atoms with van der Waals surface area (Å²) in [5, 5.41) is 24.8. The van der Waals surface area contributed by atoms with Gasteiger partial charge in [-0.15, -0.1) is 0 Å². The van der Waals surface area contributed by atoms with Crippen LogP contribution in [0.4, 0.5) is 0 Å². The highest BCUT2D eigenvalue weighted by molar-refractivity contribution is 6.09. The second kappa shape index (κ2) is 9.58. The molecule has 0 radical (unpaired) electrons. The van der Waals surface area contributed by atoms with E-state index in [1.165, 1.54) is 12.0 Å². The molecule has 2 amide bonds. The third-order valence-electron chi connectivity index (χ3n) is 8.23. The molecule has 1 saturated carbocycles. The van der Waals surface area contributed by atoms with Crippen LogP contribution < -0.4 is 10.1 Å². The Kier molecular flexibility index (Phi) is 6.47. The number of ether oxygens (including phenoxy) is 1. The summed E-state index contributed by atoms with van der Waals surface area (Å²) in [5.41, 5.74) is -0.453. The van der Waals surface area contributed by atoms with Gasteiger partial charge in [0.15, 0.2) is 11.5 Å². The normalized spacial score (nSPS) is 28.4. The van der Waals surface area contributed by atoms with Gasteiger partial charge >= 0.3 is 5.97 Å². The molecular formula is C28H32N2O6. The zero-order valence-electron chi connectivity index (χ0n) is 20.4. The first-order valence-electron chi connectivity index (χ1n) is 12.6. The number of amides is 2. The molecular weight excluding hydrogens is 460 g/mol. The van der Waals surface area contributed by atoms with Crippen molar-refractivity contribution in [1.82, 2.24) is 10.2 Å². The van der Waals surface area contributed by atoms with E-state index in [1.807, 2.05) is 30.3 Å². The summed E-state index contributed by atoms with van der Waals surface area (Å²) >= 11 is 0. The van der Waals surface area contributed by atoms with Gasteiger partial charge in [-0.3, -0.25) is 24.6 Å². The van der Waals surface area contributed by atoms with Crippen molar-refractivity contribution in [2.75, 3.05) is 7.11 Å². The van der Waals surface area contributed by atoms with Crippen molar-refractivity contribution in [3.63, 3.8) is 0 Å². The minimum absolute atomic E-state index is 0.0848. The van der Waals surface area contributed by atoms with Crippen molar-refractivity contribution >= 4 is 17.8 Å². The van der Waals surface area contributed by atoms with Crippen molar-refractivity contribution in [3.8, 4) is 11.5 Å². The SMILES string of the molecule is COc1cccc(C2NC(CC3CCCCC3)(C(=O)O)C3C(=O)N(Cc4ccccc4)C(=O)C23)c1O. The molecule has 2 aromatic rings. The first kappa shape index (κ1) is 24.3. The number of aliphatic carboxylic acids is 1. The standard InChI is InChI=1S/C28H32N2O6/c1-36-20-14-8-13-19(24(20)31)23-21-22(26(33)30(25(21)32)16-18-11-6-3-7-12-18)28(29-23,27(34)35)15-17-9-4-2-5-10-17/h3,6-8,11-14,17,21-23,29,31H,2,4-5,9-10,15-16H2,1H3,(H,34,35). The van der Waals surface area contributed by atoms with E-state index in [4.69, 9.17) is 4.74 Å². The van der Waals surface area contributed by atoms with Crippen LogP contribution >= 0.6 is 0 Å². The number of phenols is 1. The van der Waals surface area contributed by atoms with Crippen LogP contribution in [-0.2, 0) is 20.9 Å². The first-order chi connectivity index (χ1) is 17.4. The average Bonchev–Trinajstić information content (AvgIpc) is 3.35. The molecule has 1 aliphatic carbocycles. The number of benzene rings is 2. The van der Waals surface area contributed by atoms with Crippen molar-refractivity contribution in [1.29, 1.82) is 0 Å². The number of carbonyl (C=O) groups excluding carboxylic acids is 2. The van der Waals surface area contributed by atoms with Gasteiger partial charge in [0.25, 0.3) is 0 Å². The smallest absolute Gasteiger partial charge is 0.324 e. The second-order valence-electron chi connectivity index (χ2n) is 10.3. The molecule has 2 aliphatic heterocycles. The van der Waals surface area contributed by atoms with Gasteiger partial charge in [0.1, 0.15) is 5.54 Å². The summed E-state index contributed by atoms with van der Waals surface area (Å²) in [6.45, 7) is 0.0848. The number of nitrogens with zero attached hydrogens (tertiary/aromatic N) is 1. The quantitative estimate of drug-likeness (QED) is 0.505. The lowest BCUT2D eigenvalue weighted by molar-refractivity contribution is -0.152. The van der Waals surface area contributed by atoms with Crippen LogP contribution in [0.2, 0.25) is 0 Å². The first-order valence-corrected chi connectivity index (χ1v) is 12.6. The van der Waals surface area contributed by atoms with E-state index in [0.717, 1.165) is 37.7 Å². The summed E-state index contributed by atoms with van der Waals surface area (Å²) in [4.78, 5) is 41.9. The average molecular weight is 493 g/mol. The molecule has 3 fully saturated rings. The molecule has 0 spiro atoms. The van der Waals surface area contributed by atoms with E-state index in [9.17, 15) is 24.6 Å². The molecule has 4 atom stereocenters. The minimum atomic E-state index is -1.61. The second-order valence-corrected chi connectivity index (χ2v) is 10.3. The van der Waals surface area contributed by atoms with E-state index in [1.54, 1.807) is 18.2 Å². The highest BCUT2D eigenvalue weighted by atomic mass is 16.5. The summed E-state index contributed by atoms with van der Waals surface area (Å²) in [7, 11) is 1.43. The fourth-order valence-corrected chi connectivity index (χ4v) is 6.52. The Bertz CT molecular complexity index is 1160. The number of likely N-dealkylation sites (tertiary alicyclic amines) is 1. The highest BCUT2D eigenvalue weighted by Gasteiger charge is 2.68. The molecule has 2 aromatic carbocycles. The molecule has 2 heterocycles. The van der Waals surface area contributed by atoms with Crippen LogP contribution in [0, 0.1) is 17.8 Å². The third-order valence-corrected chi connectivity index (χ3v) is 8.23. The number of para-hydroxylation sites is 1. The Labute approximate surface area is 210 Å². The maximum Gasteiger partial charge on any atom is 0.324 e. The largest absolute Gasteiger partial charge is 0.504 e. The number of rotatable bonds is 7. The number of methoxy groups -OCH3 is 1. The Balaban J connectivity index is 1.59. The van der Waals surface area contributed by atoms with Crippen molar-refractivity contribution < 1.29 is 29.3 Å². The molecule has 3 aliphatic rings. The van der Waals surface area contributed by atoms with Crippen LogP contribution in [0.15, 0.2) is 48.5 Å². The molecule has 8 heteroatoms. The number of hydrogen-bond donors (Lipinski definition) is 3. The van der Waals surface area contributed by atoms with Crippen molar-refractivity contribution in [2.45, 2.75) is 56.7 Å². The molecule has 3 N–H and O–H groups in total. The molecule has 36 heavy (non-hydrogen) atoms. The molecule has 0 aromatic heterocycles. The van der Waals surface area contributed by atoms with Gasteiger partial charge < -0.3 is 14.9 Å². The van der Waals surface area contributed by atoms with Gasteiger partial charge in [0.2, 0.25) is 11.8 Å². The lowest BCUT2D eigenvalue weighted by Gasteiger charge is -2.35. The van der Waals surface area contributed by atoms with Gasteiger partial charge in [-0.25, -0.2) is 0 Å². The van der Waals surface area contributed by atoms with E-state index in [-0.39, 0.29) is 30.4 Å². The summed E-state index contributed by atoms with van der Waals surface area (Å²) < 4.78 is 5.27.